The Kier molecular flexibility index (Phi) is 7.77. The normalized spacial score (nSPS) is 12.7. The van der Waals surface area contributed by atoms with Crippen LogP contribution in [-0.2, 0) is 14.3 Å². The second kappa shape index (κ2) is 9.81. The first kappa shape index (κ1) is 19.8. The van der Waals surface area contributed by atoms with Crippen LogP contribution >= 0.6 is 0 Å². The molecule has 1 aromatic rings. The monoisotopic (exact) mass is 351 g/mol. The molecule has 0 bridgehead atoms. The molecule has 25 heavy (non-hydrogen) atoms. The van der Waals surface area contributed by atoms with Crippen molar-refractivity contribution in [3.8, 4) is 11.5 Å². The highest BCUT2D eigenvalue weighted by atomic mass is 16.6. The van der Waals surface area contributed by atoms with E-state index in [0.29, 0.717) is 11.3 Å². The van der Waals surface area contributed by atoms with E-state index in [1.807, 2.05) is 0 Å². The second-order valence-corrected chi connectivity index (χ2v) is 4.49. The summed E-state index contributed by atoms with van der Waals surface area (Å²) >= 11 is 0. The number of nitrogens with zero attached hydrogens (tertiary/aromatic N) is 2. The summed E-state index contributed by atoms with van der Waals surface area (Å²) in [6.07, 6.45) is 1.30. The Morgan fingerprint density at radius 3 is 2.52 bits per heavy atom. The van der Waals surface area contributed by atoms with Crippen molar-refractivity contribution in [2.24, 2.45) is 15.9 Å². The fourth-order valence-electron chi connectivity index (χ4n) is 1.71. The van der Waals surface area contributed by atoms with Gasteiger partial charge in [-0.05, 0) is 37.6 Å². The molecule has 136 valence electrons. The fourth-order valence-corrected chi connectivity index (χ4v) is 1.71. The minimum absolute atomic E-state index is 0.0653. The van der Waals surface area contributed by atoms with Crippen molar-refractivity contribution in [3.05, 3.63) is 35.3 Å². The smallest absolute Gasteiger partial charge is 0.349 e. The van der Waals surface area contributed by atoms with Crippen molar-refractivity contribution in [1.29, 1.82) is 0 Å². The van der Waals surface area contributed by atoms with E-state index >= 15 is 0 Å². The quantitative estimate of drug-likeness (QED) is 0.161. The molecular weight excluding hydrogens is 330 g/mol. The fraction of sp³-hybridized carbons (Fsp3) is 0.312. The molecule has 1 aromatic carbocycles. The number of aliphatic hydroxyl groups is 1. The Morgan fingerprint density at radius 1 is 1.28 bits per heavy atom. The van der Waals surface area contributed by atoms with Gasteiger partial charge in [0.1, 0.15) is 0 Å². The largest absolute Gasteiger partial charge is 0.504 e. The van der Waals surface area contributed by atoms with Gasteiger partial charge in [-0.15, -0.1) is 5.10 Å². The van der Waals surface area contributed by atoms with Gasteiger partial charge >= 0.3 is 5.97 Å². The third kappa shape index (κ3) is 5.72. The summed E-state index contributed by atoms with van der Waals surface area (Å²) in [5.74, 6) is -1.70. The molecule has 0 spiro atoms. The number of rotatable bonds is 8. The summed E-state index contributed by atoms with van der Waals surface area (Å²) in [7, 11) is 1.43. The number of benzene rings is 1. The zero-order valence-electron chi connectivity index (χ0n) is 14.2. The second-order valence-electron chi connectivity index (χ2n) is 4.49. The zero-order chi connectivity index (χ0) is 18.8. The number of aromatic hydroxyl groups is 1. The average Bonchev–Trinajstić information content (AvgIpc) is 2.55. The molecule has 1 rings (SSSR count). The van der Waals surface area contributed by atoms with Gasteiger partial charge in [0.15, 0.2) is 22.9 Å². The SMILES string of the molecule is CCOC(=O)C(C(N)=N/N=C\c1ccc(OC)c(O)c1)=C(O)OCC. The molecule has 0 unspecified atom stereocenters. The summed E-state index contributed by atoms with van der Waals surface area (Å²) in [6.45, 7) is 3.44. The third-order valence-corrected chi connectivity index (χ3v) is 2.81. The van der Waals surface area contributed by atoms with E-state index in [2.05, 4.69) is 10.2 Å². The van der Waals surface area contributed by atoms with Crippen molar-refractivity contribution in [2.75, 3.05) is 20.3 Å². The van der Waals surface area contributed by atoms with Crippen LogP contribution in [0.25, 0.3) is 0 Å². The first-order chi connectivity index (χ1) is 11.9. The van der Waals surface area contributed by atoms with E-state index < -0.39 is 17.5 Å². The molecule has 0 radical (unpaired) electrons. The summed E-state index contributed by atoms with van der Waals surface area (Å²) in [5.41, 5.74) is 5.79. The molecule has 0 amide bonds. The number of hydrogen-bond donors (Lipinski definition) is 3. The standard InChI is InChI=1S/C16H21N3O6/c1-4-24-15(21)13(16(22)25-5-2)14(17)19-18-9-10-6-7-12(23-3)11(20)8-10/h6-9,20-21H,4-5H2,1-3H3,(H2,17,19)/b15-13?,18-9-. The lowest BCUT2D eigenvalue weighted by Gasteiger charge is -2.08. The van der Waals surface area contributed by atoms with Gasteiger partial charge in [0, 0.05) is 0 Å². The molecule has 0 fully saturated rings. The lowest BCUT2D eigenvalue weighted by Crippen LogP contribution is -2.25. The Hall–Kier alpha value is -3.23. The van der Waals surface area contributed by atoms with Crippen LogP contribution < -0.4 is 10.5 Å². The first-order valence-electron chi connectivity index (χ1n) is 7.41. The van der Waals surface area contributed by atoms with Crippen LogP contribution in [0.15, 0.2) is 39.9 Å². The topological polar surface area (TPSA) is 136 Å². The Labute approximate surface area is 145 Å². The van der Waals surface area contributed by atoms with E-state index in [-0.39, 0.29) is 24.8 Å². The number of esters is 1. The highest BCUT2D eigenvalue weighted by Gasteiger charge is 2.22. The van der Waals surface area contributed by atoms with Crippen LogP contribution in [-0.4, -0.2) is 48.6 Å². The van der Waals surface area contributed by atoms with E-state index in [9.17, 15) is 15.0 Å². The van der Waals surface area contributed by atoms with Crippen molar-refractivity contribution in [3.63, 3.8) is 0 Å². The molecule has 0 aromatic heterocycles. The molecule has 0 saturated heterocycles. The molecule has 0 aliphatic heterocycles. The molecular formula is C16H21N3O6. The van der Waals surface area contributed by atoms with Crippen molar-refractivity contribution >= 4 is 18.0 Å². The number of nitrogens with two attached hydrogens (primary N) is 1. The van der Waals surface area contributed by atoms with Gasteiger partial charge in [0.05, 0.1) is 26.5 Å². The van der Waals surface area contributed by atoms with Crippen LogP contribution in [0.2, 0.25) is 0 Å². The maximum absolute atomic E-state index is 11.9. The van der Waals surface area contributed by atoms with Crippen LogP contribution in [0.4, 0.5) is 0 Å². The van der Waals surface area contributed by atoms with E-state index in [1.165, 1.54) is 19.4 Å². The molecule has 0 saturated carbocycles. The van der Waals surface area contributed by atoms with E-state index in [4.69, 9.17) is 19.9 Å². The number of methoxy groups -OCH3 is 1. The molecule has 0 aliphatic rings. The average molecular weight is 351 g/mol. The minimum atomic E-state index is -0.882. The Morgan fingerprint density at radius 2 is 1.96 bits per heavy atom. The van der Waals surface area contributed by atoms with Crippen molar-refractivity contribution in [2.45, 2.75) is 13.8 Å². The summed E-state index contributed by atoms with van der Waals surface area (Å²) in [5, 5.41) is 26.8. The number of carbonyl (C=O) groups is 1. The van der Waals surface area contributed by atoms with Crippen molar-refractivity contribution < 1.29 is 29.2 Å². The van der Waals surface area contributed by atoms with Crippen molar-refractivity contribution in [1.82, 2.24) is 0 Å². The number of carbonyl (C=O) groups excluding carboxylic acids is 1. The van der Waals surface area contributed by atoms with Crippen LogP contribution in [0.3, 0.4) is 0 Å². The molecule has 9 heteroatoms. The number of ether oxygens (including phenoxy) is 3. The predicted molar refractivity (Wildman–Crippen MR) is 91.8 cm³/mol. The molecule has 0 atom stereocenters. The van der Waals surface area contributed by atoms with Gasteiger partial charge in [-0.25, -0.2) is 4.79 Å². The number of aliphatic hydroxyl groups excluding tert-OH is 1. The number of phenolic OH excluding ortho intramolecular Hbond substituents is 1. The van der Waals surface area contributed by atoms with Gasteiger partial charge < -0.3 is 30.2 Å². The maximum Gasteiger partial charge on any atom is 0.349 e. The number of amidine groups is 1. The van der Waals surface area contributed by atoms with Crippen LogP contribution in [0, 0.1) is 0 Å². The highest BCUT2D eigenvalue weighted by Crippen LogP contribution is 2.25. The van der Waals surface area contributed by atoms with Gasteiger partial charge in [0.25, 0.3) is 5.95 Å². The zero-order valence-corrected chi connectivity index (χ0v) is 14.2. The molecule has 0 heterocycles. The Bertz CT molecular complexity index is 697. The first-order valence-corrected chi connectivity index (χ1v) is 7.41. The highest BCUT2D eigenvalue weighted by molar-refractivity contribution is 6.18. The number of phenols is 1. The predicted octanol–water partition coefficient (Wildman–Crippen LogP) is 1.46. The van der Waals surface area contributed by atoms with Gasteiger partial charge in [0.2, 0.25) is 0 Å². The van der Waals surface area contributed by atoms with Crippen LogP contribution in [0.5, 0.6) is 11.5 Å². The van der Waals surface area contributed by atoms with E-state index in [1.54, 1.807) is 26.0 Å². The molecule has 9 nitrogen and oxygen atoms in total. The summed E-state index contributed by atoms with van der Waals surface area (Å²) < 4.78 is 14.6. The lowest BCUT2D eigenvalue weighted by molar-refractivity contribution is -0.138. The summed E-state index contributed by atoms with van der Waals surface area (Å²) in [6, 6.07) is 4.59. The summed E-state index contributed by atoms with van der Waals surface area (Å²) in [4.78, 5) is 11.9. The van der Waals surface area contributed by atoms with Gasteiger partial charge in [-0.1, -0.05) is 0 Å². The van der Waals surface area contributed by atoms with E-state index in [0.717, 1.165) is 0 Å². The number of hydrogen-bond acceptors (Lipinski definition) is 8. The third-order valence-electron chi connectivity index (χ3n) is 2.81. The maximum atomic E-state index is 11.9. The molecule has 4 N–H and O–H groups in total. The van der Waals surface area contributed by atoms with Gasteiger partial charge in [-0.3, -0.25) is 0 Å². The van der Waals surface area contributed by atoms with Gasteiger partial charge in [-0.2, -0.15) is 5.10 Å². The lowest BCUT2D eigenvalue weighted by atomic mass is 10.2. The Balaban J connectivity index is 3.04. The molecule has 0 aliphatic carbocycles. The van der Waals surface area contributed by atoms with Crippen LogP contribution in [0.1, 0.15) is 19.4 Å². The minimum Gasteiger partial charge on any atom is -0.504 e.